The number of hydrogen-bond acceptors (Lipinski definition) is 3. The maximum Gasteiger partial charge on any atom is 0.142 e. The Balaban J connectivity index is 3.11. The van der Waals surface area contributed by atoms with Crippen LogP contribution in [0.15, 0.2) is 24.3 Å². The van der Waals surface area contributed by atoms with E-state index in [0.717, 1.165) is 12.0 Å². The minimum atomic E-state index is -2.51. The molecule has 84 valence electrons. The van der Waals surface area contributed by atoms with Crippen molar-refractivity contribution in [3.05, 3.63) is 29.8 Å². The minimum Gasteiger partial charge on any atom is -0.740 e. The first-order chi connectivity index (χ1) is 6.97. The molecule has 0 spiro atoms. The molecular weight excluding hydrogens is 212 g/mol. The van der Waals surface area contributed by atoms with Crippen LogP contribution in [0.2, 0.25) is 0 Å². The van der Waals surface area contributed by atoms with Crippen LogP contribution in [0.1, 0.15) is 32.8 Å². The zero-order valence-corrected chi connectivity index (χ0v) is 9.97. The van der Waals surface area contributed by atoms with E-state index >= 15 is 0 Å². The summed E-state index contributed by atoms with van der Waals surface area (Å²) in [5, 5.41) is 0. The van der Waals surface area contributed by atoms with Gasteiger partial charge in [-0.25, -0.2) is 4.21 Å². The van der Waals surface area contributed by atoms with Gasteiger partial charge in [-0.1, -0.05) is 39.0 Å². The lowest BCUT2D eigenvalue weighted by Crippen LogP contribution is -2.17. The summed E-state index contributed by atoms with van der Waals surface area (Å²) in [6.07, 6.45) is 0.916. The van der Waals surface area contributed by atoms with Crippen LogP contribution in [0.25, 0.3) is 0 Å². The van der Waals surface area contributed by atoms with Crippen molar-refractivity contribution in [3.63, 3.8) is 0 Å². The summed E-state index contributed by atoms with van der Waals surface area (Å²) in [6.45, 7) is 6.18. The fourth-order valence-electron chi connectivity index (χ4n) is 1.36. The van der Waals surface area contributed by atoms with Gasteiger partial charge in [-0.3, -0.25) is 0 Å². The van der Waals surface area contributed by atoms with E-state index in [0.29, 0.717) is 5.75 Å². The quantitative estimate of drug-likeness (QED) is 0.743. The third-order valence-corrected chi connectivity index (χ3v) is 2.97. The molecule has 0 saturated carbocycles. The van der Waals surface area contributed by atoms with Crippen LogP contribution in [0.5, 0.6) is 5.75 Å². The normalized spacial score (nSPS) is 13.6. The molecule has 0 aliphatic heterocycles. The lowest BCUT2D eigenvalue weighted by atomic mass is 9.82. The third kappa shape index (κ3) is 3.04. The fourth-order valence-corrected chi connectivity index (χ4v) is 1.65. The van der Waals surface area contributed by atoms with Crippen LogP contribution in [0, 0.1) is 0 Å². The van der Waals surface area contributed by atoms with Gasteiger partial charge in [0.15, 0.2) is 0 Å². The standard InChI is InChI=1S/C11H16O3S/c1-4-11(2,3)9-7-5-6-8-10(9)14-15(12)13/h5-8H,4H2,1-3H3,(H,12,13)/p-1. The molecule has 1 atom stereocenters. The number of rotatable bonds is 4. The van der Waals surface area contributed by atoms with Crippen LogP contribution in [-0.4, -0.2) is 8.76 Å². The first-order valence-electron chi connectivity index (χ1n) is 4.84. The summed E-state index contributed by atoms with van der Waals surface area (Å²) < 4.78 is 25.8. The predicted molar refractivity (Wildman–Crippen MR) is 59.3 cm³/mol. The van der Waals surface area contributed by atoms with Crippen molar-refractivity contribution in [1.29, 1.82) is 0 Å². The van der Waals surface area contributed by atoms with Gasteiger partial charge in [0, 0.05) is 5.56 Å². The first kappa shape index (κ1) is 12.2. The summed E-state index contributed by atoms with van der Waals surface area (Å²) in [4.78, 5) is 0. The van der Waals surface area contributed by atoms with Crippen LogP contribution >= 0.6 is 0 Å². The van der Waals surface area contributed by atoms with Gasteiger partial charge in [-0.05, 0) is 17.9 Å². The monoisotopic (exact) mass is 227 g/mol. The van der Waals surface area contributed by atoms with Gasteiger partial charge in [0.2, 0.25) is 0 Å². The molecule has 0 aliphatic rings. The second kappa shape index (κ2) is 4.77. The molecule has 3 nitrogen and oxygen atoms in total. The maximum absolute atomic E-state index is 10.5. The van der Waals surface area contributed by atoms with E-state index < -0.39 is 11.4 Å². The van der Waals surface area contributed by atoms with Crippen LogP contribution < -0.4 is 4.18 Å². The average molecular weight is 227 g/mol. The molecule has 0 bridgehead atoms. The molecule has 15 heavy (non-hydrogen) atoms. The third-order valence-electron chi connectivity index (χ3n) is 2.66. The van der Waals surface area contributed by atoms with Crippen molar-refractivity contribution in [2.75, 3.05) is 0 Å². The topological polar surface area (TPSA) is 49.4 Å². The van der Waals surface area contributed by atoms with Gasteiger partial charge in [-0.2, -0.15) is 0 Å². The average Bonchev–Trinajstić information content (AvgIpc) is 2.17. The number of para-hydroxylation sites is 1. The summed E-state index contributed by atoms with van der Waals surface area (Å²) >= 11 is -2.51. The summed E-state index contributed by atoms with van der Waals surface area (Å²) in [7, 11) is 0. The Morgan fingerprint density at radius 3 is 2.53 bits per heavy atom. The van der Waals surface area contributed by atoms with Crippen molar-refractivity contribution in [3.8, 4) is 5.75 Å². The van der Waals surface area contributed by atoms with Gasteiger partial charge >= 0.3 is 0 Å². The summed E-state index contributed by atoms with van der Waals surface area (Å²) in [5.41, 5.74) is 0.826. The molecule has 0 radical (unpaired) electrons. The Labute approximate surface area is 93.0 Å². The van der Waals surface area contributed by atoms with Crippen LogP contribution in [0.4, 0.5) is 0 Å². The van der Waals surface area contributed by atoms with E-state index in [-0.39, 0.29) is 5.41 Å². The number of benzene rings is 1. The Hall–Kier alpha value is -0.870. The van der Waals surface area contributed by atoms with Crippen LogP contribution in [0.3, 0.4) is 0 Å². The summed E-state index contributed by atoms with van der Waals surface area (Å²) in [6, 6.07) is 7.21. The Kier molecular flexibility index (Phi) is 3.88. The molecular formula is C11H15O3S-. The molecule has 0 aromatic heterocycles. The van der Waals surface area contributed by atoms with Gasteiger partial charge in [0.25, 0.3) is 0 Å². The van der Waals surface area contributed by atoms with Gasteiger partial charge in [-0.15, -0.1) is 0 Å². The molecule has 0 saturated heterocycles. The molecule has 0 fully saturated rings. The van der Waals surface area contributed by atoms with Gasteiger partial charge in [0.1, 0.15) is 17.1 Å². The lowest BCUT2D eigenvalue weighted by molar-refractivity contribution is 0.424. The number of hydrogen-bond donors (Lipinski definition) is 0. The Morgan fingerprint density at radius 2 is 2.00 bits per heavy atom. The van der Waals surface area contributed by atoms with Gasteiger partial charge in [0.05, 0.1) is 0 Å². The molecule has 0 N–H and O–H groups in total. The van der Waals surface area contributed by atoms with E-state index in [9.17, 15) is 8.76 Å². The highest BCUT2D eigenvalue weighted by atomic mass is 32.2. The van der Waals surface area contributed by atoms with Crippen molar-refractivity contribution in [2.24, 2.45) is 0 Å². The van der Waals surface area contributed by atoms with E-state index in [2.05, 4.69) is 20.8 Å². The van der Waals surface area contributed by atoms with Crippen LogP contribution in [-0.2, 0) is 16.8 Å². The largest absolute Gasteiger partial charge is 0.740 e. The second-order valence-electron chi connectivity index (χ2n) is 4.02. The van der Waals surface area contributed by atoms with Crippen molar-refractivity contribution in [2.45, 2.75) is 32.6 Å². The molecule has 1 rings (SSSR count). The van der Waals surface area contributed by atoms with Crippen molar-refractivity contribution < 1.29 is 12.9 Å². The van der Waals surface area contributed by atoms with E-state index in [1.165, 1.54) is 0 Å². The molecule has 1 aromatic rings. The molecule has 4 heteroatoms. The first-order valence-corrected chi connectivity index (χ1v) is 5.84. The van der Waals surface area contributed by atoms with E-state index in [1.54, 1.807) is 12.1 Å². The molecule has 1 aromatic carbocycles. The molecule has 1 unspecified atom stereocenters. The zero-order valence-electron chi connectivity index (χ0n) is 9.15. The van der Waals surface area contributed by atoms with Crippen molar-refractivity contribution in [1.82, 2.24) is 0 Å². The second-order valence-corrected chi connectivity index (χ2v) is 4.60. The highest BCUT2D eigenvalue weighted by molar-refractivity contribution is 7.74. The Morgan fingerprint density at radius 1 is 1.40 bits per heavy atom. The molecule has 0 aliphatic carbocycles. The highest BCUT2D eigenvalue weighted by Crippen LogP contribution is 2.34. The maximum atomic E-state index is 10.5. The van der Waals surface area contributed by atoms with E-state index in [4.69, 9.17) is 4.18 Å². The highest BCUT2D eigenvalue weighted by Gasteiger charge is 2.22. The predicted octanol–water partition coefficient (Wildman–Crippen LogP) is 2.55. The molecule has 0 heterocycles. The van der Waals surface area contributed by atoms with E-state index in [1.807, 2.05) is 12.1 Å². The lowest BCUT2D eigenvalue weighted by Gasteiger charge is -2.25. The Bertz CT molecular complexity index is 361. The zero-order chi connectivity index (χ0) is 11.5. The molecule has 0 amide bonds. The van der Waals surface area contributed by atoms with Gasteiger partial charge < -0.3 is 8.74 Å². The van der Waals surface area contributed by atoms with Crippen molar-refractivity contribution >= 4 is 11.4 Å². The SMILES string of the molecule is CCC(C)(C)c1ccccc1OS(=O)[O-]. The smallest absolute Gasteiger partial charge is 0.142 e. The fraction of sp³-hybridized carbons (Fsp3) is 0.455. The summed E-state index contributed by atoms with van der Waals surface area (Å²) in [5.74, 6) is 0.415. The minimum absolute atomic E-state index is 0.0873.